The molecule has 2 aromatic carbocycles. The third-order valence-electron chi connectivity index (χ3n) is 5.66. The number of rotatable bonds is 6. The summed E-state index contributed by atoms with van der Waals surface area (Å²) in [6, 6.07) is 10.6. The Kier molecular flexibility index (Phi) is 7.32. The monoisotopic (exact) mass is 576 g/mol. The highest BCUT2D eigenvalue weighted by Crippen LogP contribution is 2.34. The second-order valence-electron chi connectivity index (χ2n) is 8.13. The number of carbonyl (C=O) groups is 1. The standard InChI is InChI=1S/C22H22BrF3N3O5S/c1-15-2-5-17(6-3-15)29-14-18(33-21(29)30)13-27-8-10-28(11-9-27)35(31,32)20-7-4-16(23)12-19(20)34-22(24,25)26/h2-7,12,18H,1,8-11,13-14H2. The van der Waals surface area contributed by atoms with Crippen LogP contribution in [-0.4, -0.2) is 75.5 Å². The number of nitrogens with zero attached hydrogens (tertiary/aromatic N) is 3. The summed E-state index contributed by atoms with van der Waals surface area (Å²) >= 11 is 3.04. The molecule has 1 amide bonds. The highest BCUT2D eigenvalue weighted by Gasteiger charge is 2.38. The second-order valence-corrected chi connectivity index (χ2v) is 10.9. The van der Waals surface area contributed by atoms with Crippen molar-refractivity contribution >= 4 is 37.7 Å². The van der Waals surface area contributed by atoms with E-state index in [1.165, 1.54) is 11.0 Å². The average molecular weight is 577 g/mol. The number of sulfonamides is 1. The fourth-order valence-electron chi connectivity index (χ4n) is 3.98. The van der Waals surface area contributed by atoms with E-state index in [1.807, 2.05) is 4.90 Å². The van der Waals surface area contributed by atoms with Crippen molar-refractivity contribution in [1.82, 2.24) is 9.21 Å². The minimum atomic E-state index is -5.04. The number of cyclic esters (lactones) is 1. The number of hydrogen-bond acceptors (Lipinski definition) is 6. The van der Waals surface area contributed by atoms with Gasteiger partial charge in [0, 0.05) is 42.9 Å². The molecule has 2 saturated heterocycles. The van der Waals surface area contributed by atoms with Gasteiger partial charge in [-0.1, -0.05) is 28.1 Å². The van der Waals surface area contributed by atoms with Crippen LogP contribution < -0.4 is 9.64 Å². The van der Waals surface area contributed by atoms with Crippen molar-refractivity contribution < 1.29 is 35.9 Å². The van der Waals surface area contributed by atoms with Gasteiger partial charge in [-0.15, -0.1) is 13.2 Å². The molecule has 0 aliphatic carbocycles. The summed E-state index contributed by atoms with van der Waals surface area (Å²) < 4.78 is 75.4. The molecule has 0 saturated carbocycles. The van der Waals surface area contributed by atoms with Gasteiger partial charge in [-0.2, -0.15) is 4.31 Å². The van der Waals surface area contributed by atoms with Gasteiger partial charge >= 0.3 is 12.5 Å². The van der Waals surface area contributed by atoms with Gasteiger partial charge in [-0.05, 0) is 42.8 Å². The molecule has 189 valence electrons. The normalized spacial score (nSPS) is 20.2. The molecule has 2 fully saturated rings. The van der Waals surface area contributed by atoms with Gasteiger partial charge in [-0.25, -0.2) is 13.2 Å². The zero-order chi connectivity index (χ0) is 25.4. The van der Waals surface area contributed by atoms with Crippen molar-refractivity contribution in [1.29, 1.82) is 0 Å². The Hall–Kier alpha value is -2.35. The van der Waals surface area contributed by atoms with Crippen LogP contribution in [0.25, 0.3) is 0 Å². The Labute approximate surface area is 209 Å². The Morgan fingerprint density at radius 3 is 2.37 bits per heavy atom. The Morgan fingerprint density at radius 2 is 1.74 bits per heavy atom. The van der Waals surface area contributed by atoms with Crippen molar-refractivity contribution in [2.45, 2.75) is 17.4 Å². The Balaban J connectivity index is 1.38. The third-order valence-corrected chi connectivity index (χ3v) is 8.10. The number of carbonyl (C=O) groups excluding carboxylic acids is 1. The van der Waals surface area contributed by atoms with Crippen LogP contribution in [0.5, 0.6) is 5.75 Å². The third kappa shape index (κ3) is 6.08. The van der Waals surface area contributed by atoms with Crippen LogP contribution in [0.4, 0.5) is 23.7 Å². The predicted molar refractivity (Wildman–Crippen MR) is 125 cm³/mol. The molecule has 0 spiro atoms. The van der Waals surface area contributed by atoms with Gasteiger partial charge in [0.15, 0.2) is 5.75 Å². The first kappa shape index (κ1) is 25.7. The van der Waals surface area contributed by atoms with Crippen molar-refractivity contribution in [3.63, 3.8) is 0 Å². The van der Waals surface area contributed by atoms with E-state index in [0.29, 0.717) is 31.9 Å². The smallest absolute Gasteiger partial charge is 0.443 e. The molecule has 1 unspecified atom stereocenters. The highest BCUT2D eigenvalue weighted by atomic mass is 79.9. The zero-order valence-corrected chi connectivity index (χ0v) is 20.8. The summed E-state index contributed by atoms with van der Waals surface area (Å²) in [5.41, 5.74) is 1.53. The van der Waals surface area contributed by atoms with Crippen LogP contribution >= 0.6 is 15.9 Å². The Morgan fingerprint density at radius 1 is 1.09 bits per heavy atom. The molecule has 2 heterocycles. The molecule has 35 heavy (non-hydrogen) atoms. The molecule has 0 bridgehead atoms. The highest BCUT2D eigenvalue weighted by molar-refractivity contribution is 9.10. The molecule has 13 heteroatoms. The predicted octanol–water partition coefficient (Wildman–Crippen LogP) is 3.86. The summed E-state index contributed by atoms with van der Waals surface area (Å²) in [4.78, 5) is 15.2. The maximum absolute atomic E-state index is 13.1. The van der Waals surface area contributed by atoms with Gasteiger partial charge in [0.25, 0.3) is 0 Å². The van der Waals surface area contributed by atoms with Gasteiger partial charge in [0.1, 0.15) is 11.0 Å². The number of ether oxygens (including phenoxy) is 2. The molecule has 0 N–H and O–H groups in total. The van der Waals surface area contributed by atoms with Crippen molar-refractivity contribution in [3.8, 4) is 5.75 Å². The largest absolute Gasteiger partial charge is 0.573 e. The minimum absolute atomic E-state index is 0.0686. The molecule has 2 aromatic rings. The van der Waals surface area contributed by atoms with E-state index in [1.54, 1.807) is 24.3 Å². The molecule has 2 aliphatic heterocycles. The van der Waals surface area contributed by atoms with Crippen molar-refractivity contribution in [2.24, 2.45) is 0 Å². The SMILES string of the molecule is [CH2]c1ccc(N2CC(CN3CCN(S(=O)(=O)c4ccc(Br)cc4OC(F)(F)F)CC3)OC2=O)cc1. The molecule has 0 aromatic heterocycles. The molecule has 1 atom stereocenters. The van der Waals surface area contributed by atoms with E-state index < -0.39 is 39.2 Å². The number of anilines is 1. The van der Waals surface area contributed by atoms with Crippen LogP contribution in [0.3, 0.4) is 0 Å². The first-order chi connectivity index (χ1) is 16.4. The van der Waals surface area contributed by atoms with E-state index in [9.17, 15) is 26.4 Å². The fourth-order valence-corrected chi connectivity index (χ4v) is 5.84. The maximum Gasteiger partial charge on any atom is 0.573 e. The second kappa shape index (κ2) is 9.96. The zero-order valence-electron chi connectivity index (χ0n) is 18.4. The summed E-state index contributed by atoms with van der Waals surface area (Å²) in [5, 5.41) is 0. The molecule has 2 aliphatic rings. The van der Waals surface area contributed by atoms with Crippen molar-refractivity contribution in [2.75, 3.05) is 44.2 Å². The topological polar surface area (TPSA) is 79.4 Å². The summed E-state index contributed by atoms with van der Waals surface area (Å²) in [6.07, 6.45) is -5.89. The van der Waals surface area contributed by atoms with E-state index >= 15 is 0 Å². The van der Waals surface area contributed by atoms with E-state index in [2.05, 4.69) is 27.6 Å². The van der Waals surface area contributed by atoms with E-state index in [-0.39, 0.29) is 17.6 Å². The summed E-state index contributed by atoms with van der Waals surface area (Å²) in [7, 11) is -4.23. The quantitative estimate of drug-likeness (QED) is 0.519. The van der Waals surface area contributed by atoms with Crippen LogP contribution in [0, 0.1) is 6.92 Å². The van der Waals surface area contributed by atoms with E-state index in [4.69, 9.17) is 4.74 Å². The van der Waals surface area contributed by atoms with E-state index in [0.717, 1.165) is 22.0 Å². The minimum Gasteiger partial charge on any atom is -0.443 e. The van der Waals surface area contributed by atoms with Gasteiger partial charge in [-0.3, -0.25) is 9.80 Å². The number of benzene rings is 2. The number of halogens is 4. The molecule has 1 radical (unpaired) electrons. The lowest BCUT2D eigenvalue weighted by atomic mass is 10.2. The Bertz CT molecular complexity index is 1190. The van der Waals surface area contributed by atoms with Crippen LogP contribution in [0.2, 0.25) is 0 Å². The first-order valence-corrected chi connectivity index (χ1v) is 12.8. The molecular formula is C22H22BrF3N3O5S. The van der Waals surface area contributed by atoms with Crippen LogP contribution in [0.1, 0.15) is 5.56 Å². The van der Waals surface area contributed by atoms with Crippen molar-refractivity contribution in [3.05, 3.63) is 59.4 Å². The number of amides is 1. The summed E-state index contributed by atoms with van der Waals surface area (Å²) in [5.74, 6) is -0.792. The van der Waals surface area contributed by atoms with Gasteiger partial charge in [0.05, 0.1) is 6.54 Å². The van der Waals surface area contributed by atoms with Crippen LogP contribution in [-0.2, 0) is 14.8 Å². The number of alkyl halides is 3. The molecule has 8 nitrogen and oxygen atoms in total. The lowest BCUT2D eigenvalue weighted by molar-refractivity contribution is -0.275. The van der Waals surface area contributed by atoms with Crippen LogP contribution in [0.15, 0.2) is 51.8 Å². The lowest BCUT2D eigenvalue weighted by Crippen LogP contribution is -2.50. The maximum atomic E-state index is 13.1. The fraction of sp³-hybridized carbons (Fsp3) is 0.364. The van der Waals surface area contributed by atoms with Gasteiger partial charge in [0.2, 0.25) is 10.0 Å². The number of hydrogen-bond donors (Lipinski definition) is 0. The van der Waals surface area contributed by atoms with Gasteiger partial charge < -0.3 is 9.47 Å². The molecular weight excluding hydrogens is 555 g/mol. The number of piperazine rings is 1. The lowest BCUT2D eigenvalue weighted by Gasteiger charge is -2.34. The molecule has 4 rings (SSSR count). The first-order valence-electron chi connectivity index (χ1n) is 10.6. The summed E-state index contributed by atoms with van der Waals surface area (Å²) in [6.45, 7) is 5.37. The average Bonchev–Trinajstić information content (AvgIpc) is 3.13.